The zero-order valence-electron chi connectivity index (χ0n) is 22.2. The molecule has 7 aromatic rings. The van der Waals surface area contributed by atoms with E-state index in [1.165, 1.54) is 11.7 Å². The first-order valence-electron chi connectivity index (χ1n) is 13.9. The molecule has 0 spiro atoms. The quantitative estimate of drug-likeness (QED) is 0.196. The molecule has 0 radical (unpaired) electrons. The van der Waals surface area contributed by atoms with Crippen LogP contribution in [0, 0.1) is 0 Å². The van der Waals surface area contributed by atoms with E-state index in [1.807, 2.05) is 30.0 Å². The molecule has 0 amide bonds. The summed E-state index contributed by atoms with van der Waals surface area (Å²) >= 11 is 3.09. The monoisotopic (exact) mass is 575 g/mol. The predicted molar refractivity (Wildman–Crippen MR) is 173 cm³/mol. The highest BCUT2D eigenvalue weighted by Crippen LogP contribution is 2.51. The van der Waals surface area contributed by atoms with Gasteiger partial charge in [0.2, 0.25) is 0 Å². The minimum absolute atomic E-state index is 0.203. The number of nitrogens with zero attached hydrogens (tertiary/aromatic N) is 5. The number of allylic oxidation sites excluding steroid dienone is 3. The van der Waals surface area contributed by atoms with Crippen LogP contribution in [-0.2, 0) is 0 Å². The predicted octanol–water partition coefficient (Wildman–Crippen LogP) is 8.87. The molecule has 0 saturated heterocycles. The Morgan fingerprint density at radius 3 is 2.17 bits per heavy atom. The van der Waals surface area contributed by atoms with Crippen LogP contribution in [0.5, 0.6) is 0 Å². The van der Waals surface area contributed by atoms with Crippen molar-refractivity contribution in [1.29, 1.82) is 0 Å². The normalized spacial score (nSPS) is 17.2. The summed E-state index contributed by atoms with van der Waals surface area (Å²) in [6, 6.07) is 31.3. The van der Waals surface area contributed by atoms with Crippen molar-refractivity contribution in [2.45, 2.75) is 16.1 Å². The summed E-state index contributed by atoms with van der Waals surface area (Å²) in [4.78, 5) is 16.9. The molecular weight excluding hydrogens is 555 g/mol. The van der Waals surface area contributed by atoms with E-state index >= 15 is 0 Å². The first-order valence-corrected chi connectivity index (χ1v) is 15.5. The number of hydrogen-bond acceptors (Lipinski definition) is 7. The average molecular weight is 576 g/mol. The summed E-state index contributed by atoms with van der Waals surface area (Å²) in [5.74, 6) is 0.873. The van der Waals surface area contributed by atoms with Gasteiger partial charge in [-0.2, -0.15) is 8.75 Å². The lowest BCUT2D eigenvalue weighted by atomic mass is 9.94. The number of hydrogen-bond donors (Lipinski definition) is 0. The SMILES string of the molecule is C1=CC2Sc3c(-c4ccccc4)nc(-c4cc5c(-c6ccccc6)nc6ccccc6c5c5nsnc45)nc3C2C=C1. The molecule has 2 aliphatic rings. The Balaban J connectivity index is 1.38. The third-order valence-corrected chi connectivity index (χ3v) is 9.97. The smallest absolute Gasteiger partial charge is 0.162 e. The van der Waals surface area contributed by atoms with Crippen molar-refractivity contribution < 1.29 is 0 Å². The van der Waals surface area contributed by atoms with Gasteiger partial charge in [0.15, 0.2) is 5.82 Å². The molecule has 0 bridgehead atoms. The van der Waals surface area contributed by atoms with Crippen LogP contribution in [0.2, 0.25) is 0 Å². The molecule has 9 rings (SSSR count). The molecule has 42 heavy (non-hydrogen) atoms. The molecule has 0 fully saturated rings. The van der Waals surface area contributed by atoms with Gasteiger partial charge in [-0.05, 0) is 12.1 Å². The first-order chi connectivity index (χ1) is 20.8. The molecule has 0 N–H and O–H groups in total. The van der Waals surface area contributed by atoms with Gasteiger partial charge < -0.3 is 0 Å². The van der Waals surface area contributed by atoms with E-state index in [4.69, 9.17) is 23.7 Å². The highest BCUT2D eigenvalue weighted by molar-refractivity contribution is 8.00. The Morgan fingerprint density at radius 1 is 0.619 bits per heavy atom. The van der Waals surface area contributed by atoms with Gasteiger partial charge in [-0.1, -0.05) is 103 Å². The molecule has 2 unspecified atom stereocenters. The zero-order valence-corrected chi connectivity index (χ0v) is 23.8. The van der Waals surface area contributed by atoms with Gasteiger partial charge in [-0.15, -0.1) is 11.8 Å². The van der Waals surface area contributed by atoms with Gasteiger partial charge in [0, 0.05) is 44.0 Å². The summed E-state index contributed by atoms with van der Waals surface area (Å²) in [7, 11) is 0. The van der Waals surface area contributed by atoms with Crippen molar-refractivity contribution in [2.75, 3.05) is 0 Å². The molecule has 2 atom stereocenters. The van der Waals surface area contributed by atoms with Crippen LogP contribution in [-0.4, -0.2) is 28.9 Å². The number of para-hydroxylation sites is 1. The van der Waals surface area contributed by atoms with Crippen LogP contribution in [0.1, 0.15) is 11.6 Å². The number of thioether (sulfide) groups is 1. The summed E-state index contributed by atoms with van der Waals surface area (Å²) in [6.45, 7) is 0. The highest BCUT2D eigenvalue weighted by Gasteiger charge is 2.36. The molecule has 4 aromatic carbocycles. The van der Waals surface area contributed by atoms with Crippen molar-refractivity contribution in [3.8, 4) is 33.9 Å². The van der Waals surface area contributed by atoms with Crippen molar-refractivity contribution >= 4 is 56.2 Å². The van der Waals surface area contributed by atoms with Crippen LogP contribution in [0.3, 0.4) is 0 Å². The topological polar surface area (TPSA) is 64.5 Å². The van der Waals surface area contributed by atoms with E-state index in [9.17, 15) is 0 Å². The molecule has 1 aliphatic heterocycles. The van der Waals surface area contributed by atoms with Crippen molar-refractivity contribution in [3.63, 3.8) is 0 Å². The van der Waals surface area contributed by atoms with E-state index in [-0.39, 0.29) is 5.92 Å². The molecular formula is C35H21N5S2. The van der Waals surface area contributed by atoms with Gasteiger partial charge in [0.25, 0.3) is 0 Å². The maximum absolute atomic E-state index is 5.29. The Labute approximate surface area is 250 Å². The largest absolute Gasteiger partial charge is 0.247 e. The lowest BCUT2D eigenvalue weighted by molar-refractivity contribution is 0.829. The van der Waals surface area contributed by atoms with E-state index < -0.39 is 0 Å². The molecule has 198 valence electrons. The first kappa shape index (κ1) is 23.9. The highest BCUT2D eigenvalue weighted by atomic mass is 32.2. The fourth-order valence-electron chi connectivity index (χ4n) is 6.16. The Morgan fingerprint density at radius 2 is 1.33 bits per heavy atom. The minimum Gasteiger partial charge on any atom is -0.247 e. The Kier molecular flexibility index (Phi) is 5.36. The minimum atomic E-state index is 0.203. The summed E-state index contributed by atoms with van der Waals surface area (Å²) in [5.41, 5.74) is 8.60. The lowest BCUT2D eigenvalue weighted by Gasteiger charge is -2.15. The molecule has 4 heterocycles. The number of rotatable bonds is 3. The van der Waals surface area contributed by atoms with Gasteiger partial charge in [-0.25, -0.2) is 15.0 Å². The summed E-state index contributed by atoms with van der Waals surface area (Å²) < 4.78 is 9.69. The van der Waals surface area contributed by atoms with Gasteiger partial charge >= 0.3 is 0 Å². The molecule has 1 aliphatic carbocycles. The third kappa shape index (κ3) is 3.60. The number of pyridine rings is 1. The van der Waals surface area contributed by atoms with E-state index in [1.54, 1.807) is 0 Å². The Hall–Kier alpha value is -4.72. The van der Waals surface area contributed by atoms with Crippen LogP contribution in [0.4, 0.5) is 0 Å². The van der Waals surface area contributed by atoms with E-state index in [0.29, 0.717) is 11.1 Å². The van der Waals surface area contributed by atoms with Crippen molar-refractivity contribution in [3.05, 3.63) is 121 Å². The van der Waals surface area contributed by atoms with Crippen LogP contribution in [0.25, 0.3) is 66.6 Å². The summed E-state index contributed by atoms with van der Waals surface area (Å²) in [5, 5.41) is 3.46. The molecule has 5 nitrogen and oxygen atoms in total. The second kappa shape index (κ2) is 9.41. The lowest BCUT2D eigenvalue weighted by Crippen LogP contribution is -2.09. The fraction of sp³-hybridized carbons (Fsp3) is 0.0571. The molecule has 7 heteroatoms. The van der Waals surface area contributed by atoms with Crippen LogP contribution < -0.4 is 0 Å². The maximum atomic E-state index is 5.29. The van der Waals surface area contributed by atoms with Crippen molar-refractivity contribution in [2.24, 2.45) is 0 Å². The zero-order chi connectivity index (χ0) is 27.6. The standard InChI is InChI=1S/C35H21N5S2/c1-3-11-20(12-4-1)29-24-19-25(31-33(40-42-39-31)28(24)22-15-7-9-17-26(22)36-29)35-37-30(21-13-5-2-6-14-21)34-32(38-35)23-16-8-10-18-27(23)41-34/h1-19,23,27H. The molecule has 3 aromatic heterocycles. The average Bonchev–Trinajstić information content (AvgIpc) is 3.70. The second-order valence-electron chi connectivity index (χ2n) is 10.5. The van der Waals surface area contributed by atoms with E-state index in [2.05, 4.69) is 97.1 Å². The number of fused-ring (bicyclic) bond motifs is 8. The van der Waals surface area contributed by atoms with Gasteiger partial charge in [0.1, 0.15) is 11.0 Å². The van der Waals surface area contributed by atoms with Crippen molar-refractivity contribution in [1.82, 2.24) is 23.7 Å². The maximum Gasteiger partial charge on any atom is 0.162 e. The fourth-order valence-corrected chi connectivity index (χ4v) is 8.11. The summed E-state index contributed by atoms with van der Waals surface area (Å²) in [6.07, 6.45) is 8.79. The number of aromatic nitrogens is 5. The third-order valence-electron chi connectivity index (χ3n) is 8.08. The van der Waals surface area contributed by atoms with Crippen LogP contribution >= 0.6 is 23.5 Å². The van der Waals surface area contributed by atoms with Gasteiger partial charge in [0.05, 0.1) is 39.2 Å². The van der Waals surface area contributed by atoms with E-state index in [0.717, 1.165) is 71.4 Å². The van der Waals surface area contributed by atoms with Gasteiger partial charge in [-0.3, -0.25) is 0 Å². The molecule has 0 saturated carbocycles. The second-order valence-corrected chi connectivity index (χ2v) is 12.2. The van der Waals surface area contributed by atoms with Crippen LogP contribution in [0.15, 0.2) is 120 Å². The Bertz CT molecular complexity index is 2240. The number of benzene rings is 4.